The molecule has 0 bridgehead atoms. The number of amides is 1. The molecule has 31 heavy (non-hydrogen) atoms. The van der Waals surface area contributed by atoms with E-state index in [0.717, 1.165) is 5.75 Å². The molecule has 6 nitrogen and oxygen atoms in total. The maximum atomic E-state index is 12.5. The summed E-state index contributed by atoms with van der Waals surface area (Å²) >= 11 is 0. The van der Waals surface area contributed by atoms with Crippen molar-refractivity contribution in [2.24, 2.45) is 5.10 Å². The Balaban J connectivity index is 1.57. The van der Waals surface area contributed by atoms with Crippen LogP contribution in [0.2, 0.25) is 0 Å². The summed E-state index contributed by atoms with van der Waals surface area (Å²) in [5, 5.41) is 3.83. The molecule has 0 spiro atoms. The quantitative estimate of drug-likeness (QED) is 0.294. The topological polar surface area (TPSA) is 69.2 Å². The van der Waals surface area contributed by atoms with Gasteiger partial charge in [0.25, 0.3) is 5.91 Å². The second-order valence-corrected chi connectivity index (χ2v) is 6.12. The van der Waals surface area contributed by atoms with Crippen molar-refractivity contribution < 1.29 is 27.8 Å². The summed E-state index contributed by atoms with van der Waals surface area (Å²) in [7, 11) is 0. The molecule has 0 heterocycles. The first-order valence-electron chi connectivity index (χ1n) is 9.40. The van der Waals surface area contributed by atoms with Gasteiger partial charge in [-0.1, -0.05) is 42.5 Å². The molecule has 8 heteroatoms. The third kappa shape index (κ3) is 6.81. The van der Waals surface area contributed by atoms with Gasteiger partial charge in [-0.2, -0.15) is 13.9 Å². The van der Waals surface area contributed by atoms with Crippen molar-refractivity contribution in [3.05, 3.63) is 90.0 Å². The van der Waals surface area contributed by atoms with Crippen molar-refractivity contribution in [2.45, 2.75) is 6.61 Å². The Labute approximate surface area is 178 Å². The number of rotatable bonds is 10. The standard InChI is InChI=1S/C23H20F2N2O4/c24-23(25)31-20-12-6-4-8-17(20)16-26-27-22(28)19-11-5-7-13-21(19)30-15-14-29-18-9-2-1-3-10-18/h1-13,16,23H,14-15H2,(H,27,28)/b26-16-. The smallest absolute Gasteiger partial charge is 0.387 e. The van der Waals surface area contributed by atoms with Gasteiger partial charge in [-0.25, -0.2) is 5.43 Å². The number of para-hydroxylation sites is 3. The number of nitrogens with zero attached hydrogens (tertiary/aromatic N) is 1. The Hall–Kier alpha value is -3.94. The maximum absolute atomic E-state index is 12.5. The van der Waals surface area contributed by atoms with Crippen molar-refractivity contribution >= 4 is 12.1 Å². The highest BCUT2D eigenvalue weighted by Crippen LogP contribution is 2.19. The number of alkyl halides is 2. The number of hydrogen-bond donors (Lipinski definition) is 1. The van der Waals surface area contributed by atoms with E-state index in [1.807, 2.05) is 30.3 Å². The number of nitrogens with one attached hydrogen (secondary N) is 1. The molecular weight excluding hydrogens is 406 g/mol. The molecule has 0 aromatic heterocycles. The van der Waals surface area contributed by atoms with Gasteiger partial charge >= 0.3 is 6.61 Å². The monoisotopic (exact) mass is 426 g/mol. The van der Waals surface area contributed by atoms with Crippen molar-refractivity contribution in [2.75, 3.05) is 13.2 Å². The second kappa shape index (κ2) is 11.3. The normalized spacial score (nSPS) is 10.8. The third-order valence-corrected chi connectivity index (χ3v) is 3.99. The highest BCUT2D eigenvalue weighted by atomic mass is 19.3. The Bertz CT molecular complexity index is 1010. The summed E-state index contributed by atoms with van der Waals surface area (Å²) in [6, 6.07) is 22.1. The van der Waals surface area contributed by atoms with E-state index < -0.39 is 12.5 Å². The van der Waals surface area contributed by atoms with Crippen molar-refractivity contribution in [1.82, 2.24) is 5.43 Å². The molecule has 0 saturated heterocycles. The molecule has 0 unspecified atom stereocenters. The molecule has 0 aliphatic carbocycles. The summed E-state index contributed by atoms with van der Waals surface area (Å²) in [5.41, 5.74) is 2.93. The number of ether oxygens (including phenoxy) is 3. The van der Waals surface area contributed by atoms with Crippen LogP contribution in [0.15, 0.2) is 84.0 Å². The van der Waals surface area contributed by atoms with Crippen LogP contribution in [0.3, 0.4) is 0 Å². The van der Waals surface area contributed by atoms with Crippen molar-refractivity contribution in [3.63, 3.8) is 0 Å². The second-order valence-electron chi connectivity index (χ2n) is 6.12. The van der Waals surface area contributed by atoms with Crippen LogP contribution >= 0.6 is 0 Å². The lowest BCUT2D eigenvalue weighted by molar-refractivity contribution is -0.0499. The minimum Gasteiger partial charge on any atom is -0.490 e. The fraction of sp³-hybridized carbons (Fsp3) is 0.130. The molecule has 3 rings (SSSR count). The number of carbonyl (C=O) groups is 1. The maximum Gasteiger partial charge on any atom is 0.387 e. The van der Waals surface area contributed by atoms with Gasteiger partial charge in [0.1, 0.15) is 30.5 Å². The van der Waals surface area contributed by atoms with Gasteiger partial charge in [0.15, 0.2) is 0 Å². The van der Waals surface area contributed by atoms with Gasteiger partial charge in [-0.15, -0.1) is 0 Å². The molecule has 3 aromatic carbocycles. The number of carbonyl (C=O) groups excluding carboxylic acids is 1. The Morgan fingerprint density at radius 3 is 2.29 bits per heavy atom. The lowest BCUT2D eigenvalue weighted by atomic mass is 10.2. The first kappa shape index (κ1) is 21.8. The van der Waals surface area contributed by atoms with Gasteiger partial charge in [-0.3, -0.25) is 4.79 Å². The minimum atomic E-state index is -2.96. The van der Waals surface area contributed by atoms with E-state index in [0.29, 0.717) is 17.9 Å². The number of hydrogen-bond acceptors (Lipinski definition) is 5. The molecule has 1 N–H and O–H groups in total. The summed E-state index contributed by atoms with van der Waals surface area (Å²) in [6.45, 7) is -2.42. The number of hydrazone groups is 1. The largest absolute Gasteiger partial charge is 0.490 e. The number of halogens is 2. The molecule has 0 atom stereocenters. The lowest BCUT2D eigenvalue weighted by Crippen LogP contribution is -2.19. The van der Waals surface area contributed by atoms with Crippen LogP contribution in [0.25, 0.3) is 0 Å². The lowest BCUT2D eigenvalue weighted by Gasteiger charge is -2.11. The van der Waals surface area contributed by atoms with Crippen LogP contribution in [-0.2, 0) is 0 Å². The molecule has 0 radical (unpaired) electrons. The predicted molar refractivity (Wildman–Crippen MR) is 112 cm³/mol. The van der Waals surface area contributed by atoms with Crippen LogP contribution in [0, 0.1) is 0 Å². The highest BCUT2D eigenvalue weighted by Gasteiger charge is 2.12. The predicted octanol–water partition coefficient (Wildman–Crippen LogP) is 4.51. The molecule has 0 saturated carbocycles. The molecular formula is C23H20F2N2O4. The third-order valence-electron chi connectivity index (χ3n) is 3.99. The summed E-state index contributed by atoms with van der Waals surface area (Å²) in [4.78, 5) is 12.5. The molecule has 3 aromatic rings. The van der Waals surface area contributed by atoms with Crippen molar-refractivity contribution in [1.29, 1.82) is 0 Å². The average Bonchev–Trinajstić information content (AvgIpc) is 2.78. The minimum absolute atomic E-state index is 0.0438. The zero-order valence-corrected chi connectivity index (χ0v) is 16.4. The van der Waals surface area contributed by atoms with E-state index >= 15 is 0 Å². The molecule has 0 fully saturated rings. The Morgan fingerprint density at radius 1 is 0.871 bits per heavy atom. The molecule has 0 aliphatic rings. The first-order valence-corrected chi connectivity index (χ1v) is 9.40. The Morgan fingerprint density at radius 2 is 1.52 bits per heavy atom. The van der Waals surface area contributed by atoms with Gasteiger partial charge in [0.2, 0.25) is 0 Å². The first-order chi connectivity index (χ1) is 15.1. The van der Waals surface area contributed by atoms with Gasteiger partial charge in [0.05, 0.1) is 11.8 Å². The van der Waals surface area contributed by atoms with E-state index in [9.17, 15) is 13.6 Å². The van der Waals surface area contributed by atoms with Crippen molar-refractivity contribution in [3.8, 4) is 17.2 Å². The molecule has 160 valence electrons. The van der Waals surface area contributed by atoms with Crippen LogP contribution < -0.4 is 19.6 Å². The van der Waals surface area contributed by atoms with Crippen LogP contribution in [0.4, 0.5) is 8.78 Å². The van der Waals surface area contributed by atoms with Gasteiger partial charge in [0, 0.05) is 5.56 Å². The van der Waals surface area contributed by atoms with Crippen LogP contribution in [0.5, 0.6) is 17.2 Å². The zero-order valence-electron chi connectivity index (χ0n) is 16.4. The molecule has 1 amide bonds. The number of benzene rings is 3. The molecule has 0 aliphatic heterocycles. The summed E-state index contributed by atoms with van der Waals surface area (Å²) in [5.74, 6) is 0.539. The van der Waals surface area contributed by atoms with E-state index in [1.165, 1.54) is 18.3 Å². The van der Waals surface area contributed by atoms with E-state index in [-0.39, 0.29) is 17.9 Å². The summed E-state index contributed by atoms with van der Waals surface area (Å²) in [6.07, 6.45) is 1.23. The fourth-order valence-corrected chi connectivity index (χ4v) is 2.62. The SMILES string of the molecule is O=C(N/N=C\c1ccccc1OC(F)F)c1ccccc1OCCOc1ccccc1. The van der Waals surface area contributed by atoms with Gasteiger partial charge in [-0.05, 0) is 36.4 Å². The zero-order chi connectivity index (χ0) is 21.9. The fourth-order valence-electron chi connectivity index (χ4n) is 2.62. The van der Waals surface area contributed by atoms with E-state index in [2.05, 4.69) is 15.3 Å². The van der Waals surface area contributed by atoms with Crippen LogP contribution in [0.1, 0.15) is 15.9 Å². The average molecular weight is 426 g/mol. The summed E-state index contributed by atoms with van der Waals surface area (Å²) < 4.78 is 40.6. The highest BCUT2D eigenvalue weighted by molar-refractivity contribution is 5.97. The van der Waals surface area contributed by atoms with Crippen LogP contribution in [-0.4, -0.2) is 31.9 Å². The van der Waals surface area contributed by atoms with Gasteiger partial charge < -0.3 is 14.2 Å². The Kier molecular flexibility index (Phi) is 7.93. The van der Waals surface area contributed by atoms with E-state index in [1.54, 1.807) is 36.4 Å². The van der Waals surface area contributed by atoms with E-state index in [4.69, 9.17) is 9.47 Å².